The molecule has 0 unspecified atom stereocenters. The fourth-order valence-corrected chi connectivity index (χ4v) is 1.97. The van der Waals surface area contributed by atoms with Crippen molar-refractivity contribution >= 4 is 6.09 Å². The highest BCUT2D eigenvalue weighted by molar-refractivity contribution is 5.72. The van der Waals surface area contributed by atoms with Crippen LogP contribution in [0.5, 0.6) is 5.75 Å². The molecule has 2 aromatic rings. The summed E-state index contributed by atoms with van der Waals surface area (Å²) < 4.78 is 43.8. The number of benzene rings is 1. The molecular weight excluding hydrogens is 285 g/mol. The standard InChI is InChI=1S/C14H11F3N2O2/c1-8-12(11(6-7-19-8)14(15,16)17)9-2-4-10(5-3-9)21-13(18)20/h2-7H,1H3,(H2,18,20). The third-order valence-electron chi connectivity index (χ3n) is 2.81. The summed E-state index contributed by atoms with van der Waals surface area (Å²) in [6.45, 7) is 1.50. The number of halogens is 3. The lowest BCUT2D eigenvalue weighted by Gasteiger charge is -2.15. The summed E-state index contributed by atoms with van der Waals surface area (Å²) in [5.41, 5.74) is 4.67. The van der Waals surface area contributed by atoms with Crippen LogP contribution in [0.2, 0.25) is 0 Å². The van der Waals surface area contributed by atoms with Crippen molar-refractivity contribution in [3.8, 4) is 16.9 Å². The minimum absolute atomic E-state index is 0.00405. The molecule has 0 atom stereocenters. The van der Waals surface area contributed by atoms with Crippen LogP contribution >= 0.6 is 0 Å². The van der Waals surface area contributed by atoms with Crippen molar-refractivity contribution in [3.63, 3.8) is 0 Å². The zero-order valence-corrected chi connectivity index (χ0v) is 10.9. The van der Waals surface area contributed by atoms with Gasteiger partial charge >= 0.3 is 12.3 Å². The molecule has 0 saturated heterocycles. The molecule has 1 amide bonds. The highest BCUT2D eigenvalue weighted by Gasteiger charge is 2.34. The molecular formula is C14H11F3N2O2. The van der Waals surface area contributed by atoms with Gasteiger partial charge in [0.25, 0.3) is 0 Å². The monoisotopic (exact) mass is 296 g/mol. The van der Waals surface area contributed by atoms with Gasteiger partial charge in [-0.15, -0.1) is 0 Å². The lowest BCUT2D eigenvalue weighted by atomic mass is 9.98. The number of hydrogen-bond donors (Lipinski definition) is 1. The van der Waals surface area contributed by atoms with E-state index >= 15 is 0 Å². The van der Waals surface area contributed by atoms with Crippen molar-refractivity contribution in [2.45, 2.75) is 13.1 Å². The fourth-order valence-electron chi connectivity index (χ4n) is 1.97. The molecule has 0 aliphatic rings. The average molecular weight is 296 g/mol. The molecule has 0 radical (unpaired) electrons. The number of alkyl halides is 3. The molecule has 1 aromatic heterocycles. The topological polar surface area (TPSA) is 65.2 Å². The SMILES string of the molecule is Cc1nccc(C(F)(F)F)c1-c1ccc(OC(N)=O)cc1. The Morgan fingerprint density at radius 1 is 1.19 bits per heavy atom. The van der Waals surface area contributed by atoms with E-state index in [2.05, 4.69) is 9.72 Å². The molecule has 7 heteroatoms. The number of nitrogens with two attached hydrogens (primary N) is 1. The number of aromatic nitrogens is 1. The third-order valence-corrected chi connectivity index (χ3v) is 2.81. The van der Waals surface area contributed by atoms with Gasteiger partial charge in [0, 0.05) is 17.5 Å². The number of amides is 1. The van der Waals surface area contributed by atoms with Crippen LogP contribution in [0, 0.1) is 6.92 Å². The molecule has 2 rings (SSSR count). The molecule has 0 fully saturated rings. The van der Waals surface area contributed by atoms with Crippen LogP contribution in [0.3, 0.4) is 0 Å². The number of primary amides is 1. The van der Waals surface area contributed by atoms with Gasteiger partial charge < -0.3 is 10.5 Å². The van der Waals surface area contributed by atoms with E-state index < -0.39 is 17.8 Å². The van der Waals surface area contributed by atoms with E-state index in [1.807, 2.05) is 0 Å². The number of rotatable bonds is 2. The number of carbonyl (C=O) groups is 1. The largest absolute Gasteiger partial charge is 0.417 e. The van der Waals surface area contributed by atoms with Crippen molar-refractivity contribution in [2.75, 3.05) is 0 Å². The first-order chi connectivity index (χ1) is 9.79. The highest BCUT2D eigenvalue weighted by atomic mass is 19.4. The Labute approximate surface area is 118 Å². The lowest BCUT2D eigenvalue weighted by Crippen LogP contribution is -2.16. The summed E-state index contributed by atoms with van der Waals surface area (Å²) in [7, 11) is 0. The lowest BCUT2D eigenvalue weighted by molar-refractivity contribution is -0.137. The van der Waals surface area contributed by atoms with Crippen molar-refractivity contribution in [1.29, 1.82) is 0 Å². The van der Waals surface area contributed by atoms with Crippen LogP contribution in [0.25, 0.3) is 11.1 Å². The molecule has 0 bridgehead atoms. The van der Waals surface area contributed by atoms with Crippen LogP contribution < -0.4 is 10.5 Å². The molecule has 4 nitrogen and oxygen atoms in total. The van der Waals surface area contributed by atoms with Gasteiger partial charge in [0.2, 0.25) is 0 Å². The van der Waals surface area contributed by atoms with Crippen LogP contribution in [0.15, 0.2) is 36.5 Å². The Morgan fingerprint density at radius 3 is 2.33 bits per heavy atom. The average Bonchev–Trinajstić information content (AvgIpc) is 2.38. The molecule has 0 aliphatic carbocycles. The Hall–Kier alpha value is -2.57. The van der Waals surface area contributed by atoms with Crippen LogP contribution in [-0.2, 0) is 6.18 Å². The van der Waals surface area contributed by atoms with E-state index in [1.54, 1.807) is 0 Å². The molecule has 1 aromatic carbocycles. The molecule has 2 N–H and O–H groups in total. The van der Waals surface area contributed by atoms with E-state index in [0.717, 1.165) is 12.3 Å². The van der Waals surface area contributed by atoms with Gasteiger partial charge in [-0.2, -0.15) is 13.2 Å². The second-order valence-electron chi connectivity index (χ2n) is 4.26. The van der Waals surface area contributed by atoms with Crippen LogP contribution in [0.4, 0.5) is 18.0 Å². The first-order valence-corrected chi connectivity index (χ1v) is 5.89. The summed E-state index contributed by atoms with van der Waals surface area (Å²) in [4.78, 5) is 14.5. The van der Waals surface area contributed by atoms with Crippen LogP contribution in [0.1, 0.15) is 11.3 Å². The second-order valence-corrected chi connectivity index (χ2v) is 4.26. The van der Waals surface area contributed by atoms with Gasteiger partial charge in [-0.25, -0.2) is 4.79 Å². The normalized spacial score (nSPS) is 11.2. The Morgan fingerprint density at radius 2 is 1.81 bits per heavy atom. The van der Waals surface area contributed by atoms with Crippen molar-refractivity contribution in [1.82, 2.24) is 4.98 Å². The number of ether oxygens (including phenoxy) is 1. The number of aryl methyl sites for hydroxylation is 1. The van der Waals surface area contributed by atoms with E-state index in [1.165, 1.54) is 31.2 Å². The summed E-state index contributed by atoms with van der Waals surface area (Å²) in [5.74, 6) is 0.154. The predicted molar refractivity (Wildman–Crippen MR) is 69.6 cm³/mol. The van der Waals surface area contributed by atoms with Crippen LogP contribution in [-0.4, -0.2) is 11.1 Å². The summed E-state index contributed by atoms with van der Waals surface area (Å²) in [5, 5.41) is 0. The molecule has 0 aliphatic heterocycles. The molecule has 0 saturated carbocycles. The van der Waals surface area contributed by atoms with Gasteiger partial charge in [0.05, 0.1) is 5.56 Å². The summed E-state index contributed by atoms with van der Waals surface area (Å²) >= 11 is 0. The van der Waals surface area contributed by atoms with Gasteiger partial charge in [-0.05, 0) is 30.7 Å². The number of hydrogen-bond acceptors (Lipinski definition) is 3. The first-order valence-electron chi connectivity index (χ1n) is 5.89. The number of pyridine rings is 1. The minimum Gasteiger partial charge on any atom is -0.411 e. The molecule has 1 heterocycles. The zero-order valence-electron chi connectivity index (χ0n) is 10.9. The Kier molecular flexibility index (Phi) is 3.84. The maximum Gasteiger partial charge on any atom is 0.417 e. The highest BCUT2D eigenvalue weighted by Crippen LogP contribution is 2.38. The Bertz CT molecular complexity index is 667. The molecule has 110 valence electrons. The molecule has 0 spiro atoms. The van der Waals surface area contributed by atoms with Gasteiger partial charge in [-0.3, -0.25) is 4.98 Å². The molecule has 21 heavy (non-hydrogen) atoms. The summed E-state index contributed by atoms with van der Waals surface area (Å²) in [6, 6.07) is 6.49. The van der Waals surface area contributed by atoms with E-state index in [-0.39, 0.29) is 17.0 Å². The maximum absolute atomic E-state index is 13.1. The zero-order chi connectivity index (χ0) is 15.6. The Balaban J connectivity index is 2.49. The number of nitrogens with zero attached hydrogens (tertiary/aromatic N) is 1. The fraction of sp³-hybridized carbons (Fsp3) is 0.143. The van der Waals surface area contributed by atoms with E-state index in [9.17, 15) is 18.0 Å². The van der Waals surface area contributed by atoms with Crippen molar-refractivity contribution in [3.05, 3.63) is 47.8 Å². The van der Waals surface area contributed by atoms with Gasteiger partial charge in [-0.1, -0.05) is 12.1 Å². The third kappa shape index (κ3) is 3.31. The second kappa shape index (κ2) is 5.43. The van der Waals surface area contributed by atoms with Crippen molar-refractivity contribution in [2.24, 2.45) is 5.73 Å². The first kappa shape index (κ1) is 14.8. The maximum atomic E-state index is 13.1. The number of carbonyl (C=O) groups excluding carboxylic acids is 1. The van der Waals surface area contributed by atoms with E-state index in [0.29, 0.717) is 5.56 Å². The smallest absolute Gasteiger partial charge is 0.411 e. The quantitative estimate of drug-likeness (QED) is 0.922. The van der Waals surface area contributed by atoms with E-state index in [4.69, 9.17) is 5.73 Å². The minimum atomic E-state index is -4.48. The van der Waals surface area contributed by atoms with Gasteiger partial charge in [0.1, 0.15) is 5.75 Å². The van der Waals surface area contributed by atoms with Gasteiger partial charge in [0.15, 0.2) is 0 Å². The predicted octanol–water partition coefficient (Wildman–Crippen LogP) is 3.53. The summed E-state index contributed by atoms with van der Waals surface area (Å²) in [6.07, 6.45) is -4.35. The van der Waals surface area contributed by atoms with Crippen molar-refractivity contribution < 1.29 is 22.7 Å².